The van der Waals surface area contributed by atoms with Gasteiger partial charge in [-0.25, -0.2) is 16.8 Å². The first-order valence-electron chi connectivity index (χ1n) is 14.4. The van der Waals surface area contributed by atoms with Crippen molar-refractivity contribution in [2.45, 2.75) is 84.0 Å². The minimum absolute atomic E-state index is 0.123. The first-order chi connectivity index (χ1) is 20.2. The predicted molar refractivity (Wildman–Crippen MR) is 165 cm³/mol. The number of rotatable bonds is 9. The molecule has 5 rings (SSSR count). The number of amides is 1. The molecule has 2 N–H and O–H groups in total. The van der Waals surface area contributed by atoms with Crippen LogP contribution in [0.25, 0.3) is 0 Å². The standard InChI is InChI=1S/C33H37N3O5S2/c1-31(2,3)25-16-14-24(15-17-25)29-28(43(40,41)27-12-8-5-9-13-27)22-33(35-29,30(37)36-32(23-34)18-19-32)20-21-42(38,39)26-10-6-4-7-11-26/h4-17,28-29,35H,18-22H2,1-3H3,(H,36,37). The van der Waals surface area contributed by atoms with E-state index in [2.05, 4.69) is 37.5 Å². The van der Waals surface area contributed by atoms with E-state index in [0.29, 0.717) is 18.4 Å². The number of carbonyl (C=O) groups is 1. The molecule has 3 atom stereocenters. The van der Waals surface area contributed by atoms with Crippen LogP contribution in [-0.4, -0.2) is 44.8 Å². The van der Waals surface area contributed by atoms with Gasteiger partial charge in [-0.1, -0.05) is 81.4 Å². The first kappa shape index (κ1) is 30.9. The molecule has 0 bridgehead atoms. The maximum Gasteiger partial charge on any atom is 0.241 e. The summed E-state index contributed by atoms with van der Waals surface area (Å²) in [5.74, 6) is -0.943. The molecule has 1 saturated heterocycles. The first-order valence-corrected chi connectivity index (χ1v) is 17.6. The van der Waals surface area contributed by atoms with Crippen LogP contribution in [-0.2, 0) is 29.9 Å². The second kappa shape index (κ2) is 11.2. The van der Waals surface area contributed by atoms with Crippen LogP contribution in [0.2, 0.25) is 0 Å². The number of hydrogen-bond acceptors (Lipinski definition) is 7. The molecule has 2 fully saturated rings. The van der Waals surface area contributed by atoms with Crippen LogP contribution in [0.1, 0.15) is 63.6 Å². The van der Waals surface area contributed by atoms with Crippen molar-refractivity contribution < 1.29 is 21.6 Å². The van der Waals surface area contributed by atoms with Crippen LogP contribution in [0.3, 0.4) is 0 Å². The minimum Gasteiger partial charge on any atom is -0.336 e. The van der Waals surface area contributed by atoms with E-state index in [9.17, 15) is 26.9 Å². The van der Waals surface area contributed by atoms with Crippen LogP contribution in [0, 0.1) is 11.3 Å². The molecule has 1 aliphatic carbocycles. The van der Waals surface area contributed by atoms with Gasteiger partial charge in [0.1, 0.15) is 11.1 Å². The molecule has 3 unspecified atom stereocenters. The highest BCUT2D eigenvalue weighted by Crippen LogP contribution is 2.44. The topological polar surface area (TPSA) is 133 Å². The normalized spacial score (nSPS) is 23.3. The maximum atomic E-state index is 14.2. The summed E-state index contributed by atoms with van der Waals surface area (Å²) in [4.78, 5) is 14.3. The van der Waals surface area contributed by atoms with Crippen LogP contribution >= 0.6 is 0 Å². The number of hydrogen-bond donors (Lipinski definition) is 2. The fourth-order valence-corrected chi connectivity index (χ4v) is 9.10. The van der Waals surface area contributed by atoms with Gasteiger partial charge in [0.05, 0.1) is 32.9 Å². The maximum absolute atomic E-state index is 14.2. The van der Waals surface area contributed by atoms with Crippen molar-refractivity contribution in [3.05, 3.63) is 96.1 Å². The third-order valence-corrected chi connectivity index (χ3v) is 12.5. The van der Waals surface area contributed by atoms with Gasteiger partial charge in [0.2, 0.25) is 5.91 Å². The van der Waals surface area contributed by atoms with Gasteiger partial charge in [-0.15, -0.1) is 0 Å². The van der Waals surface area contributed by atoms with E-state index in [0.717, 1.165) is 5.56 Å². The zero-order valence-electron chi connectivity index (χ0n) is 24.6. The molecule has 1 amide bonds. The van der Waals surface area contributed by atoms with Crippen LogP contribution in [0.5, 0.6) is 0 Å². The van der Waals surface area contributed by atoms with Crippen molar-refractivity contribution in [1.82, 2.24) is 10.6 Å². The van der Waals surface area contributed by atoms with Crippen molar-refractivity contribution in [3.63, 3.8) is 0 Å². The lowest BCUT2D eigenvalue weighted by Gasteiger charge is -2.30. The quantitative estimate of drug-likeness (QED) is 0.357. The summed E-state index contributed by atoms with van der Waals surface area (Å²) in [5, 5.41) is 14.8. The third kappa shape index (κ3) is 6.26. The number of nitrogens with one attached hydrogen (secondary N) is 2. The Morgan fingerprint density at radius 2 is 1.47 bits per heavy atom. The van der Waals surface area contributed by atoms with E-state index in [-0.39, 0.29) is 33.8 Å². The zero-order chi connectivity index (χ0) is 31.1. The largest absolute Gasteiger partial charge is 0.336 e. The molecule has 1 saturated carbocycles. The van der Waals surface area contributed by atoms with E-state index in [1.165, 1.54) is 24.3 Å². The molecule has 43 heavy (non-hydrogen) atoms. The van der Waals surface area contributed by atoms with Gasteiger partial charge in [0, 0.05) is 0 Å². The van der Waals surface area contributed by atoms with Gasteiger partial charge in [0.25, 0.3) is 0 Å². The van der Waals surface area contributed by atoms with Gasteiger partial charge in [0.15, 0.2) is 19.7 Å². The van der Waals surface area contributed by atoms with Crippen LogP contribution in [0.15, 0.2) is 94.7 Å². The fourth-order valence-electron chi connectivity index (χ4n) is 5.70. The monoisotopic (exact) mass is 619 g/mol. The number of nitrogens with zero attached hydrogens (tertiary/aromatic N) is 1. The Kier molecular flexibility index (Phi) is 8.05. The van der Waals surface area contributed by atoms with Crippen molar-refractivity contribution in [1.29, 1.82) is 5.26 Å². The molecule has 0 radical (unpaired) electrons. The smallest absolute Gasteiger partial charge is 0.241 e. The molecule has 0 aromatic heterocycles. The lowest BCUT2D eigenvalue weighted by atomic mass is 9.86. The molecular weight excluding hydrogens is 583 g/mol. The molecule has 2 aliphatic rings. The second-order valence-electron chi connectivity index (χ2n) is 12.7. The van der Waals surface area contributed by atoms with E-state index in [1.807, 2.05) is 24.3 Å². The summed E-state index contributed by atoms with van der Waals surface area (Å²) < 4.78 is 55.1. The van der Waals surface area contributed by atoms with Crippen LogP contribution in [0.4, 0.5) is 0 Å². The average molecular weight is 620 g/mol. The Labute approximate surface area is 254 Å². The van der Waals surface area contributed by atoms with Crippen molar-refractivity contribution >= 4 is 25.6 Å². The molecule has 10 heteroatoms. The molecule has 3 aromatic rings. The predicted octanol–water partition coefficient (Wildman–Crippen LogP) is 4.64. The van der Waals surface area contributed by atoms with Crippen molar-refractivity contribution in [2.24, 2.45) is 0 Å². The van der Waals surface area contributed by atoms with Crippen molar-refractivity contribution in [2.75, 3.05) is 5.75 Å². The summed E-state index contributed by atoms with van der Waals surface area (Å²) in [6.45, 7) is 6.26. The molecule has 1 aliphatic heterocycles. The van der Waals surface area contributed by atoms with Gasteiger partial charge < -0.3 is 5.32 Å². The Morgan fingerprint density at radius 1 is 0.907 bits per heavy atom. The molecule has 8 nitrogen and oxygen atoms in total. The highest BCUT2D eigenvalue weighted by Gasteiger charge is 2.57. The molecule has 1 heterocycles. The zero-order valence-corrected chi connectivity index (χ0v) is 26.2. The summed E-state index contributed by atoms with van der Waals surface area (Å²) in [5.41, 5.74) is -0.958. The van der Waals surface area contributed by atoms with Crippen molar-refractivity contribution in [3.8, 4) is 6.07 Å². The summed E-state index contributed by atoms with van der Waals surface area (Å²) in [7, 11) is -7.77. The third-order valence-electron chi connectivity index (χ3n) is 8.61. The lowest BCUT2D eigenvalue weighted by molar-refractivity contribution is -0.128. The molecule has 3 aromatic carbocycles. The summed E-state index contributed by atoms with van der Waals surface area (Å²) >= 11 is 0. The van der Waals surface area contributed by atoms with Crippen LogP contribution < -0.4 is 10.6 Å². The highest BCUT2D eigenvalue weighted by molar-refractivity contribution is 7.92. The fraction of sp³-hybridized carbons (Fsp3) is 0.394. The Balaban J connectivity index is 1.58. The average Bonchev–Trinajstić information content (AvgIpc) is 3.65. The number of sulfone groups is 2. The highest BCUT2D eigenvalue weighted by atomic mass is 32.2. The Bertz CT molecular complexity index is 1740. The molecular formula is C33H37N3O5S2. The van der Waals surface area contributed by atoms with Gasteiger partial charge in [-0.3, -0.25) is 10.1 Å². The van der Waals surface area contributed by atoms with E-state index in [1.54, 1.807) is 36.4 Å². The summed E-state index contributed by atoms with van der Waals surface area (Å²) in [6, 6.07) is 25.1. The number of nitriles is 1. The Morgan fingerprint density at radius 3 is 1.98 bits per heavy atom. The van der Waals surface area contributed by atoms with E-state index in [4.69, 9.17) is 0 Å². The molecule has 226 valence electrons. The van der Waals surface area contributed by atoms with Gasteiger partial charge in [-0.2, -0.15) is 5.26 Å². The van der Waals surface area contributed by atoms with Gasteiger partial charge in [-0.05, 0) is 66.5 Å². The second-order valence-corrected chi connectivity index (χ2v) is 17.0. The van der Waals surface area contributed by atoms with Gasteiger partial charge >= 0.3 is 0 Å². The molecule has 0 spiro atoms. The SMILES string of the molecule is CC(C)(C)c1ccc(C2NC(CCS(=O)(=O)c3ccccc3)(C(=O)NC3(C#N)CC3)CC2S(=O)(=O)c2ccccc2)cc1. The lowest BCUT2D eigenvalue weighted by Crippen LogP contribution is -2.57. The van der Waals surface area contributed by atoms with E-state index >= 15 is 0 Å². The Hall–Kier alpha value is -3.52. The summed E-state index contributed by atoms with van der Waals surface area (Å²) in [6.07, 6.45) is 0.636. The number of carbonyl (C=O) groups excluding carboxylic acids is 1. The minimum atomic E-state index is -3.98. The number of benzene rings is 3. The van der Waals surface area contributed by atoms with E-state index < -0.39 is 48.0 Å².